The second kappa shape index (κ2) is 4.63. The first-order chi connectivity index (χ1) is 9.51. The first-order valence-electron chi connectivity index (χ1n) is 6.66. The number of hydrogen-bond acceptors (Lipinski definition) is 2. The lowest BCUT2D eigenvalue weighted by molar-refractivity contribution is -0.676. The molecule has 6 heteroatoms. The van der Waals surface area contributed by atoms with Crippen LogP contribution in [-0.2, 0) is 23.7 Å². The Hall–Kier alpha value is -1.82. The number of benzene rings is 1. The number of imidazole rings is 1. The summed E-state index contributed by atoms with van der Waals surface area (Å²) < 4.78 is 30.4. The van der Waals surface area contributed by atoms with E-state index in [4.69, 9.17) is 0 Å². The summed E-state index contributed by atoms with van der Waals surface area (Å²) >= 11 is 0. The van der Waals surface area contributed by atoms with Gasteiger partial charge in [0.05, 0.1) is 12.7 Å². The molecule has 0 amide bonds. The second-order valence-corrected chi connectivity index (χ2v) is 6.79. The van der Waals surface area contributed by atoms with Gasteiger partial charge in [-0.1, -0.05) is 18.2 Å². The van der Waals surface area contributed by atoms with E-state index in [0.29, 0.717) is 12.4 Å². The Bertz CT molecular complexity index is 750. The zero-order valence-corrected chi connectivity index (χ0v) is 12.5. The molecule has 0 saturated heterocycles. The summed E-state index contributed by atoms with van der Waals surface area (Å²) in [5.41, 5.74) is 1.89. The molecule has 0 atom stereocenters. The summed E-state index contributed by atoms with van der Waals surface area (Å²) in [7, 11) is -1.72. The highest BCUT2D eigenvalue weighted by Crippen LogP contribution is 2.29. The van der Waals surface area contributed by atoms with Gasteiger partial charge in [0, 0.05) is 13.5 Å². The van der Waals surface area contributed by atoms with Gasteiger partial charge in [0.2, 0.25) is 0 Å². The first kappa shape index (κ1) is 13.2. The molecule has 20 heavy (non-hydrogen) atoms. The highest BCUT2D eigenvalue weighted by molar-refractivity contribution is 7.91. The van der Waals surface area contributed by atoms with Gasteiger partial charge in [-0.05, 0) is 24.5 Å². The molecule has 0 N–H and O–H groups in total. The molecule has 106 valence electrons. The number of nitrogens with zero attached hydrogens (tertiary/aromatic N) is 3. The van der Waals surface area contributed by atoms with Crippen LogP contribution in [0.25, 0.3) is 0 Å². The lowest BCUT2D eigenvalue weighted by Gasteiger charge is -2.28. The Morgan fingerprint density at radius 1 is 1.25 bits per heavy atom. The Morgan fingerprint density at radius 3 is 2.70 bits per heavy atom. The molecule has 0 saturated carbocycles. The van der Waals surface area contributed by atoms with E-state index in [1.165, 1.54) is 8.28 Å². The normalized spacial score (nSPS) is 15.2. The molecule has 1 aromatic carbocycles. The van der Waals surface area contributed by atoms with Gasteiger partial charge in [0.15, 0.2) is 0 Å². The summed E-state index contributed by atoms with van der Waals surface area (Å²) in [6.07, 6.45) is 5.13. The first-order valence-corrected chi connectivity index (χ1v) is 8.06. The molecule has 0 radical (unpaired) electrons. The lowest BCUT2D eigenvalue weighted by atomic mass is 10.0. The van der Waals surface area contributed by atoms with Crippen molar-refractivity contribution in [1.29, 1.82) is 0 Å². The molecule has 1 aromatic heterocycles. The van der Waals surface area contributed by atoms with Crippen LogP contribution in [-0.4, -0.2) is 18.9 Å². The maximum absolute atomic E-state index is 12.9. The maximum atomic E-state index is 12.9. The highest BCUT2D eigenvalue weighted by Gasteiger charge is 2.34. The predicted molar refractivity (Wildman–Crippen MR) is 76.8 cm³/mol. The van der Waals surface area contributed by atoms with Crippen molar-refractivity contribution in [3.63, 3.8) is 0 Å². The fourth-order valence-electron chi connectivity index (χ4n) is 2.62. The molecule has 3 rings (SSSR count). The molecular formula is C14H18N3O2S+. The standard InChI is InChI=1S/C14H18N3O2S/c1-12-15(2)10-11-16(12)20(18,19)17-9-5-7-13-6-3-4-8-14(13)17/h3-4,6,8,10-11H,5,7,9H2,1-2H3/q+1. The van der Waals surface area contributed by atoms with E-state index in [0.717, 1.165) is 24.1 Å². The minimum Gasteiger partial charge on any atom is -0.236 e. The smallest absolute Gasteiger partial charge is 0.236 e. The summed E-state index contributed by atoms with van der Waals surface area (Å²) in [4.78, 5) is 0. The number of para-hydroxylation sites is 1. The summed E-state index contributed by atoms with van der Waals surface area (Å²) in [5.74, 6) is 0.688. The molecule has 0 unspecified atom stereocenters. The quantitative estimate of drug-likeness (QED) is 0.780. The van der Waals surface area contributed by atoms with Crippen molar-refractivity contribution in [2.75, 3.05) is 10.8 Å². The minimum absolute atomic E-state index is 0.528. The van der Waals surface area contributed by atoms with Gasteiger partial charge in [-0.2, -0.15) is 8.42 Å². The predicted octanol–water partition coefficient (Wildman–Crippen LogP) is 1.17. The van der Waals surface area contributed by atoms with Crippen LogP contribution in [0.15, 0.2) is 36.7 Å². The number of hydrogen-bond donors (Lipinski definition) is 0. The molecule has 0 aliphatic carbocycles. The number of anilines is 1. The van der Waals surface area contributed by atoms with Crippen LogP contribution >= 0.6 is 0 Å². The van der Waals surface area contributed by atoms with Gasteiger partial charge in [0.25, 0.3) is 5.82 Å². The summed E-state index contributed by atoms with van der Waals surface area (Å²) in [5, 5.41) is 0. The average molecular weight is 292 g/mol. The van der Waals surface area contributed by atoms with Crippen molar-refractivity contribution in [3.8, 4) is 0 Å². The van der Waals surface area contributed by atoms with Crippen LogP contribution in [0.4, 0.5) is 5.69 Å². The van der Waals surface area contributed by atoms with E-state index < -0.39 is 10.2 Å². The second-order valence-electron chi connectivity index (χ2n) is 5.06. The van der Waals surface area contributed by atoms with Crippen LogP contribution in [0.5, 0.6) is 0 Å². The van der Waals surface area contributed by atoms with Gasteiger partial charge in [-0.3, -0.25) is 0 Å². The fraction of sp³-hybridized carbons (Fsp3) is 0.357. The van der Waals surface area contributed by atoms with E-state index in [2.05, 4.69) is 0 Å². The Labute approximate surface area is 119 Å². The molecule has 1 aliphatic heterocycles. The molecule has 2 heterocycles. The van der Waals surface area contributed by atoms with E-state index in [1.807, 2.05) is 31.3 Å². The largest absolute Gasteiger partial charge is 0.404 e. The summed E-state index contributed by atoms with van der Waals surface area (Å²) in [6.45, 7) is 2.33. The molecule has 0 fully saturated rings. The van der Waals surface area contributed by atoms with Crippen molar-refractivity contribution in [2.45, 2.75) is 19.8 Å². The topological polar surface area (TPSA) is 46.2 Å². The number of aryl methyl sites for hydroxylation is 2. The SMILES string of the molecule is Cc1n(S(=O)(=O)N2CCCc3ccccc32)cc[n+]1C. The zero-order valence-electron chi connectivity index (χ0n) is 11.7. The molecule has 0 spiro atoms. The number of fused-ring (bicyclic) bond motifs is 1. The minimum atomic E-state index is -3.56. The van der Waals surface area contributed by atoms with Crippen molar-refractivity contribution < 1.29 is 13.0 Å². The molecule has 0 bridgehead atoms. The highest BCUT2D eigenvalue weighted by atomic mass is 32.2. The van der Waals surface area contributed by atoms with Crippen molar-refractivity contribution in [2.24, 2.45) is 7.05 Å². The van der Waals surface area contributed by atoms with E-state index in [9.17, 15) is 8.42 Å². The number of aromatic nitrogens is 2. The van der Waals surface area contributed by atoms with Crippen LogP contribution in [0, 0.1) is 6.92 Å². The third kappa shape index (κ3) is 1.91. The monoisotopic (exact) mass is 292 g/mol. The van der Waals surface area contributed by atoms with Gasteiger partial charge in [0.1, 0.15) is 12.4 Å². The maximum Gasteiger partial charge on any atom is 0.404 e. The molecular weight excluding hydrogens is 274 g/mol. The van der Waals surface area contributed by atoms with E-state index in [1.54, 1.807) is 23.9 Å². The average Bonchev–Trinajstić information content (AvgIpc) is 2.79. The Balaban J connectivity index is 2.12. The van der Waals surface area contributed by atoms with Crippen LogP contribution in [0.3, 0.4) is 0 Å². The van der Waals surface area contributed by atoms with Crippen molar-refractivity contribution >= 4 is 15.9 Å². The van der Waals surface area contributed by atoms with Crippen LogP contribution in [0.1, 0.15) is 17.8 Å². The fourth-order valence-corrected chi connectivity index (χ4v) is 4.29. The molecule has 5 nitrogen and oxygen atoms in total. The molecule has 2 aromatic rings. The van der Waals surface area contributed by atoms with Gasteiger partial charge >= 0.3 is 10.2 Å². The Morgan fingerprint density at radius 2 is 2.00 bits per heavy atom. The van der Waals surface area contributed by atoms with Crippen LogP contribution in [0.2, 0.25) is 0 Å². The third-order valence-electron chi connectivity index (χ3n) is 3.85. The molecule has 1 aliphatic rings. The van der Waals surface area contributed by atoms with Crippen molar-refractivity contribution in [1.82, 2.24) is 3.97 Å². The Kier molecular flexibility index (Phi) is 3.05. The zero-order chi connectivity index (χ0) is 14.3. The van der Waals surface area contributed by atoms with Crippen LogP contribution < -0.4 is 8.87 Å². The van der Waals surface area contributed by atoms with Crippen molar-refractivity contribution in [3.05, 3.63) is 48.0 Å². The van der Waals surface area contributed by atoms with E-state index in [-0.39, 0.29) is 0 Å². The van der Waals surface area contributed by atoms with E-state index >= 15 is 0 Å². The lowest BCUT2D eigenvalue weighted by Crippen LogP contribution is -2.41. The van der Waals surface area contributed by atoms with Gasteiger partial charge in [-0.25, -0.2) is 8.87 Å². The van der Waals surface area contributed by atoms with Gasteiger partial charge in [-0.15, -0.1) is 3.97 Å². The number of rotatable bonds is 2. The third-order valence-corrected chi connectivity index (χ3v) is 5.67. The van der Waals surface area contributed by atoms with Gasteiger partial charge < -0.3 is 0 Å². The summed E-state index contributed by atoms with van der Waals surface area (Å²) in [6, 6.07) is 7.72.